The minimum absolute atomic E-state index is 0. The number of hydrogen-bond donors (Lipinski definition) is 2. The molecule has 0 spiro atoms. The monoisotopic (exact) mass is 332 g/mol. The molecule has 4 nitrogen and oxygen atoms in total. The van der Waals surface area contributed by atoms with Crippen LogP contribution in [0.3, 0.4) is 0 Å². The molecule has 0 aliphatic carbocycles. The molecular weight excluding hydrogens is 312 g/mol. The van der Waals surface area contributed by atoms with E-state index in [4.69, 9.17) is 4.74 Å². The molecule has 1 aliphatic rings. The molecule has 1 heterocycles. The van der Waals surface area contributed by atoms with E-state index >= 15 is 0 Å². The molecule has 1 fully saturated rings. The van der Waals surface area contributed by atoms with Crippen LogP contribution in [0, 0.1) is 0 Å². The van der Waals surface area contributed by atoms with Crippen molar-refractivity contribution in [3.8, 4) is 11.5 Å². The Morgan fingerprint density at radius 3 is 2.35 bits per heavy atom. The minimum Gasteiger partial charge on any atom is -0.457 e. The maximum absolute atomic E-state index is 12.1. The van der Waals surface area contributed by atoms with Gasteiger partial charge in [0, 0.05) is 5.69 Å². The number of rotatable bonds is 4. The lowest BCUT2D eigenvalue weighted by Gasteiger charge is -2.22. The topological polar surface area (TPSA) is 50.4 Å². The van der Waals surface area contributed by atoms with Gasteiger partial charge in [0.1, 0.15) is 11.5 Å². The molecule has 1 unspecified atom stereocenters. The van der Waals surface area contributed by atoms with Gasteiger partial charge in [0.05, 0.1) is 6.04 Å². The molecule has 1 atom stereocenters. The first-order valence-corrected chi connectivity index (χ1v) is 7.68. The Kier molecular flexibility index (Phi) is 6.44. The Bertz CT molecular complexity index is 611. The zero-order valence-corrected chi connectivity index (χ0v) is 13.6. The summed E-state index contributed by atoms with van der Waals surface area (Å²) in [5.41, 5.74) is 0.790. The lowest BCUT2D eigenvalue weighted by atomic mass is 10.0. The molecule has 0 aromatic heterocycles. The first kappa shape index (κ1) is 17.3. The van der Waals surface area contributed by atoms with Crippen molar-refractivity contribution in [1.82, 2.24) is 5.32 Å². The van der Waals surface area contributed by atoms with Gasteiger partial charge in [-0.25, -0.2) is 0 Å². The van der Waals surface area contributed by atoms with Crippen molar-refractivity contribution in [1.29, 1.82) is 0 Å². The van der Waals surface area contributed by atoms with Gasteiger partial charge >= 0.3 is 0 Å². The smallest absolute Gasteiger partial charge is 0.241 e. The number of hydrogen-bond acceptors (Lipinski definition) is 3. The molecule has 2 aromatic carbocycles. The van der Waals surface area contributed by atoms with Crippen LogP contribution in [0.1, 0.15) is 19.3 Å². The maximum Gasteiger partial charge on any atom is 0.241 e. The second kappa shape index (κ2) is 8.56. The highest BCUT2D eigenvalue weighted by Gasteiger charge is 2.20. The van der Waals surface area contributed by atoms with Crippen molar-refractivity contribution < 1.29 is 9.53 Å². The molecule has 3 rings (SSSR count). The highest BCUT2D eigenvalue weighted by atomic mass is 35.5. The Hall–Kier alpha value is -2.04. The van der Waals surface area contributed by atoms with Crippen LogP contribution >= 0.6 is 12.4 Å². The Balaban J connectivity index is 0.00000192. The van der Waals surface area contributed by atoms with Crippen LogP contribution in [-0.4, -0.2) is 18.5 Å². The van der Waals surface area contributed by atoms with Crippen LogP contribution in [0.25, 0.3) is 0 Å². The maximum atomic E-state index is 12.1. The summed E-state index contributed by atoms with van der Waals surface area (Å²) in [7, 11) is 0. The highest BCUT2D eigenvalue weighted by molar-refractivity contribution is 5.94. The van der Waals surface area contributed by atoms with Crippen LogP contribution < -0.4 is 15.4 Å². The van der Waals surface area contributed by atoms with E-state index in [1.807, 2.05) is 54.6 Å². The van der Waals surface area contributed by atoms with Gasteiger partial charge in [0.2, 0.25) is 5.91 Å². The molecule has 1 saturated heterocycles. The number of halogens is 1. The first-order valence-electron chi connectivity index (χ1n) is 7.68. The van der Waals surface area contributed by atoms with E-state index in [9.17, 15) is 4.79 Å². The molecule has 5 heteroatoms. The van der Waals surface area contributed by atoms with Crippen LogP contribution in [0.4, 0.5) is 5.69 Å². The third kappa shape index (κ3) is 4.98. The number of amides is 1. The lowest BCUT2D eigenvalue weighted by molar-refractivity contribution is -0.118. The fourth-order valence-electron chi connectivity index (χ4n) is 2.54. The van der Waals surface area contributed by atoms with Crippen molar-refractivity contribution in [3.05, 3.63) is 54.6 Å². The molecule has 122 valence electrons. The predicted molar refractivity (Wildman–Crippen MR) is 94.5 cm³/mol. The van der Waals surface area contributed by atoms with Gasteiger partial charge in [-0.05, 0) is 55.8 Å². The van der Waals surface area contributed by atoms with Gasteiger partial charge < -0.3 is 15.4 Å². The van der Waals surface area contributed by atoms with Crippen molar-refractivity contribution in [2.75, 3.05) is 11.9 Å². The van der Waals surface area contributed by atoms with Gasteiger partial charge in [-0.2, -0.15) is 0 Å². The number of benzene rings is 2. The Morgan fingerprint density at radius 1 is 1.00 bits per heavy atom. The summed E-state index contributed by atoms with van der Waals surface area (Å²) in [4.78, 5) is 12.1. The quantitative estimate of drug-likeness (QED) is 0.890. The molecule has 0 radical (unpaired) electrons. The minimum atomic E-state index is -0.0750. The van der Waals surface area contributed by atoms with E-state index in [2.05, 4.69) is 10.6 Å². The van der Waals surface area contributed by atoms with E-state index in [0.29, 0.717) is 0 Å². The third-order valence-corrected chi connectivity index (χ3v) is 3.73. The fraction of sp³-hybridized carbons (Fsp3) is 0.278. The van der Waals surface area contributed by atoms with E-state index in [-0.39, 0.29) is 24.4 Å². The summed E-state index contributed by atoms with van der Waals surface area (Å²) >= 11 is 0. The van der Waals surface area contributed by atoms with Gasteiger partial charge in [-0.1, -0.05) is 24.6 Å². The normalized spacial score (nSPS) is 17.0. The van der Waals surface area contributed by atoms with Crippen molar-refractivity contribution in [2.45, 2.75) is 25.3 Å². The van der Waals surface area contributed by atoms with Crippen LogP contribution in [0.15, 0.2) is 54.6 Å². The summed E-state index contributed by atoms with van der Waals surface area (Å²) in [6, 6.07) is 17.0. The molecule has 1 aliphatic heterocycles. The third-order valence-electron chi connectivity index (χ3n) is 3.73. The summed E-state index contributed by atoms with van der Waals surface area (Å²) < 4.78 is 5.73. The van der Waals surface area contributed by atoms with Crippen LogP contribution in [0.2, 0.25) is 0 Å². The van der Waals surface area contributed by atoms with Gasteiger partial charge in [0.25, 0.3) is 0 Å². The summed E-state index contributed by atoms with van der Waals surface area (Å²) in [6.07, 6.45) is 3.16. The number of para-hydroxylation sites is 1. The molecular formula is C18H21ClN2O2. The predicted octanol–water partition coefficient (Wildman–Crippen LogP) is 3.98. The molecule has 0 saturated carbocycles. The van der Waals surface area contributed by atoms with Crippen LogP contribution in [-0.2, 0) is 4.79 Å². The van der Waals surface area contributed by atoms with Crippen LogP contribution in [0.5, 0.6) is 11.5 Å². The second-order valence-corrected chi connectivity index (χ2v) is 5.43. The molecule has 0 bridgehead atoms. The molecule has 1 amide bonds. The van der Waals surface area contributed by atoms with E-state index in [1.54, 1.807) is 0 Å². The number of anilines is 1. The number of carbonyl (C=O) groups excluding carboxylic acids is 1. The molecule has 2 N–H and O–H groups in total. The molecule has 23 heavy (non-hydrogen) atoms. The largest absolute Gasteiger partial charge is 0.457 e. The standard InChI is InChI=1S/C18H20N2O2.ClH/c21-18(17-8-4-5-13-19-17)20-14-9-11-16(12-10-14)22-15-6-2-1-3-7-15;/h1-3,6-7,9-12,17,19H,4-5,8,13H2,(H,20,21);1H. The van der Waals surface area contributed by atoms with E-state index < -0.39 is 0 Å². The fourth-order valence-corrected chi connectivity index (χ4v) is 2.54. The van der Waals surface area contributed by atoms with Gasteiger partial charge in [0.15, 0.2) is 0 Å². The number of ether oxygens (including phenoxy) is 1. The van der Waals surface area contributed by atoms with E-state index in [0.717, 1.165) is 43.0 Å². The number of piperidine rings is 1. The first-order chi connectivity index (χ1) is 10.8. The summed E-state index contributed by atoms with van der Waals surface area (Å²) in [6.45, 7) is 0.919. The number of carbonyl (C=O) groups is 1. The molecule has 2 aromatic rings. The summed E-state index contributed by atoms with van der Waals surface area (Å²) in [5.74, 6) is 1.59. The van der Waals surface area contributed by atoms with Gasteiger partial charge in [-0.15, -0.1) is 12.4 Å². The second-order valence-electron chi connectivity index (χ2n) is 5.43. The average Bonchev–Trinajstić information content (AvgIpc) is 2.58. The Labute approximate surface area is 142 Å². The SMILES string of the molecule is Cl.O=C(Nc1ccc(Oc2ccccc2)cc1)C1CCCCN1. The zero-order valence-electron chi connectivity index (χ0n) is 12.8. The van der Waals surface area contributed by atoms with Crippen molar-refractivity contribution in [3.63, 3.8) is 0 Å². The lowest BCUT2D eigenvalue weighted by Crippen LogP contribution is -2.43. The Morgan fingerprint density at radius 2 is 1.70 bits per heavy atom. The van der Waals surface area contributed by atoms with Crippen molar-refractivity contribution >= 4 is 24.0 Å². The van der Waals surface area contributed by atoms with Gasteiger partial charge in [-0.3, -0.25) is 4.79 Å². The number of nitrogens with one attached hydrogen (secondary N) is 2. The summed E-state index contributed by atoms with van der Waals surface area (Å²) in [5, 5.41) is 6.19. The van der Waals surface area contributed by atoms with Crippen molar-refractivity contribution in [2.24, 2.45) is 0 Å². The van der Waals surface area contributed by atoms with E-state index in [1.165, 1.54) is 0 Å². The average molecular weight is 333 g/mol. The zero-order chi connectivity index (χ0) is 15.2. The highest BCUT2D eigenvalue weighted by Crippen LogP contribution is 2.22.